The number of hydrogen-bond acceptors (Lipinski definition) is 4. The summed E-state index contributed by atoms with van der Waals surface area (Å²) in [7, 11) is 4.12. The van der Waals surface area contributed by atoms with Crippen molar-refractivity contribution in [3.8, 4) is 0 Å². The molecule has 0 unspecified atom stereocenters. The van der Waals surface area contributed by atoms with E-state index in [-0.39, 0.29) is 18.4 Å². The number of carbonyl (C=O) groups excluding carboxylic acids is 1. The predicted molar refractivity (Wildman–Crippen MR) is 97.6 cm³/mol. The first kappa shape index (κ1) is 18.4. The average Bonchev–Trinajstić information content (AvgIpc) is 3.10. The number of carbonyl (C=O) groups is 1. The van der Waals surface area contributed by atoms with Crippen LogP contribution in [0.15, 0.2) is 6.20 Å². The zero-order valence-corrected chi connectivity index (χ0v) is 15.6. The molecule has 2 N–H and O–H groups in total. The van der Waals surface area contributed by atoms with Gasteiger partial charge in [0.05, 0.1) is 17.5 Å². The van der Waals surface area contributed by atoms with E-state index >= 15 is 0 Å². The van der Waals surface area contributed by atoms with Gasteiger partial charge in [-0.2, -0.15) is 5.10 Å². The van der Waals surface area contributed by atoms with Gasteiger partial charge in [-0.25, -0.2) is 0 Å². The van der Waals surface area contributed by atoms with E-state index in [4.69, 9.17) is 0 Å². The molecule has 3 rings (SSSR count). The van der Waals surface area contributed by atoms with Gasteiger partial charge in [-0.15, -0.1) is 0 Å². The maximum Gasteiger partial charge on any atom is 0.257 e. The van der Waals surface area contributed by atoms with Crippen LogP contribution in [0.2, 0.25) is 0 Å². The molecule has 2 aliphatic rings. The van der Waals surface area contributed by atoms with Crippen molar-refractivity contribution in [3.63, 3.8) is 0 Å². The summed E-state index contributed by atoms with van der Waals surface area (Å²) in [6.07, 6.45) is 8.74. The average molecular weight is 348 g/mol. The van der Waals surface area contributed by atoms with Crippen molar-refractivity contribution >= 4 is 5.91 Å². The van der Waals surface area contributed by atoms with Crippen LogP contribution in [0.25, 0.3) is 0 Å². The topological polar surface area (TPSA) is 72.5 Å². The Kier molecular flexibility index (Phi) is 6.12. The number of likely N-dealkylation sites (tertiary alicyclic amines) is 1. The quantitative estimate of drug-likeness (QED) is 0.855. The Hall–Kier alpha value is -1.40. The third-order valence-electron chi connectivity index (χ3n) is 5.71. The highest BCUT2D eigenvalue weighted by molar-refractivity contribution is 5.95. The van der Waals surface area contributed by atoms with E-state index in [2.05, 4.69) is 29.2 Å². The number of aromatic amines is 1. The number of nitrogens with zero attached hydrogens (tertiary/aromatic N) is 3. The van der Waals surface area contributed by atoms with Crippen molar-refractivity contribution in [2.75, 3.05) is 40.3 Å². The number of amides is 1. The molecule has 1 aromatic heterocycles. The van der Waals surface area contributed by atoms with E-state index in [1.807, 2.05) is 4.90 Å². The lowest BCUT2D eigenvalue weighted by molar-refractivity contribution is 0.0476. The zero-order chi connectivity index (χ0) is 17.8. The molecule has 1 aliphatic carbocycles. The first-order valence-electron chi connectivity index (χ1n) is 9.66. The van der Waals surface area contributed by atoms with E-state index in [9.17, 15) is 9.90 Å². The number of hydrogen-bond donors (Lipinski definition) is 2. The van der Waals surface area contributed by atoms with Gasteiger partial charge in [-0.3, -0.25) is 9.89 Å². The number of H-pyrrole nitrogens is 1. The molecular formula is C19H32N4O2. The largest absolute Gasteiger partial charge is 0.396 e. The fourth-order valence-corrected chi connectivity index (χ4v) is 4.60. The number of piperidine rings is 1. The molecule has 140 valence electrons. The standard InChI is InChI=1S/C19H32N4O2/c1-22(2)10-14-8-15(13-24)12-23(11-14)19(25)17-9-20-21-18(17)16-6-4-3-5-7-16/h9,14-16,24H,3-8,10-13H2,1-2H3,(H,20,21)/t14-,15+/m1/s1. The van der Waals surface area contributed by atoms with E-state index in [0.29, 0.717) is 18.4 Å². The van der Waals surface area contributed by atoms with Gasteiger partial charge < -0.3 is 14.9 Å². The monoisotopic (exact) mass is 348 g/mol. The van der Waals surface area contributed by atoms with Crippen LogP contribution >= 0.6 is 0 Å². The molecule has 2 heterocycles. The Morgan fingerprint density at radius 2 is 2.00 bits per heavy atom. The molecule has 2 fully saturated rings. The summed E-state index contributed by atoms with van der Waals surface area (Å²) in [6, 6.07) is 0. The molecule has 0 bridgehead atoms. The second-order valence-electron chi connectivity index (χ2n) is 8.15. The summed E-state index contributed by atoms with van der Waals surface area (Å²) in [4.78, 5) is 17.3. The third kappa shape index (κ3) is 4.42. The van der Waals surface area contributed by atoms with Crippen LogP contribution in [0, 0.1) is 11.8 Å². The second-order valence-corrected chi connectivity index (χ2v) is 8.15. The molecular weight excluding hydrogens is 316 g/mol. The van der Waals surface area contributed by atoms with Crippen molar-refractivity contribution < 1.29 is 9.90 Å². The molecule has 1 saturated carbocycles. The molecule has 0 aromatic carbocycles. The minimum Gasteiger partial charge on any atom is -0.396 e. The van der Waals surface area contributed by atoms with Crippen LogP contribution in [0.1, 0.15) is 60.5 Å². The Bertz CT molecular complexity index is 566. The summed E-state index contributed by atoms with van der Waals surface area (Å²) < 4.78 is 0. The molecule has 1 amide bonds. The van der Waals surface area contributed by atoms with Gasteiger partial charge in [-0.05, 0) is 45.2 Å². The fraction of sp³-hybridized carbons (Fsp3) is 0.789. The smallest absolute Gasteiger partial charge is 0.257 e. The van der Waals surface area contributed by atoms with Crippen molar-refractivity contribution in [2.24, 2.45) is 11.8 Å². The highest BCUT2D eigenvalue weighted by Gasteiger charge is 2.33. The van der Waals surface area contributed by atoms with Crippen LogP contribution in [0.3, 0.4) is 0 Å². The first-order valence-corrected chi connectivity index (χ1v) is 9.66. The zero-order valence-electron chi connectivity index (χ0n) is 15.6. The van der Waals surface area contributed by atoms with E-state index in [1.54, 1.807) is 6.20 Å². The highest BCUT2D eigenvalue weighted by atomic mass is 16.3. The number of aliphatic hydroxyl groups is 1. The van der Waals surface area contributed by atoms with Crippen LogP contribution < -0.4 is 0 Å². The number of aromatic nitrogens is 2. The van der Waals surface area contributed by atoms with Gasteiger partial charge in [0.2, 0.25) is 0 Å². The maximum atomic E-state index is 13.2. The van der Waals surface area contributed by atoms with Gasteiger partial charge in [0.25, 0.3) is 5.91 Å². The van der Waals surface area contributed by atoms with Crippen LogP contribution in [0.5, 0.6) is 0 Å². The Morgan fingerprint density at radius 1 is 1.28 bits per heavy atom. The van der Waals surface area contributed by atoms with Crippen LogP contribution in [-0.2, 0) is 0 Å². The SMILES string of the molecule is CN(C)C[C@H]1C[C@H](CO)CN(C(=O)c2cn[nH]c2C2CCCCC2)C1. The number of aliphatic hydroxyl groups excluding tert-OH is 1. The Balaban J connectivity index is 1.74. The van der Waals surface area contributed by atoms with Crippen LogP contribution in [-0.4, -0.2) is 71.3 Å². The first-order chi connectivity index (χ1) is 12.1. The minimum atomic E-state index is 0.0798. The fourth-order valence-electron chi connectivity index (χ4n) is 4.60. The third-order valence-corrected chi connectivity index (χ3v) is 5.71. The Morgan fingerprint density at radius 3 is 2.68 bits per heavy atom. The van der Waals surface area contributed by atoms with Crippen molar-refractivity contribution in [2.45, 2.75) is 44.4 Å². The summed E-state index contributed by atoms with van der Waals surface area (Å²) >= 11 is 0. The molecule has 1 aromatic rings. The summed E-state index contributed by atoms with van der Waals surface area (Å²) in [6.45, 7) is 2.51. The molecule has 25 heavy (non-hydrogen) atoms. The van der Waals surface area contributed by atoms with Crippen molar-refractivity contribution in [3.05, 3.63) is 17.5 Å². The molecule has 2 atom stereocenters. The molecule has 1 saturated heterocycles. The minimum absolute atomic E-state index is 0.0798. The molecule has 1 aliphatic heterocycles. The maximum absolute atomic E-state index is 13.2. The molecule has 0 spiro atoms. The lowest BCUT2D eigenvalue weighted by atomic mass is 9.85. The van der Waals surface area contributed by atoms with Crippen LogP contribution in [0.4, 0.5) is 0 Å². The summed E-state index contributed by atoms with van der Waals surface area (Å²) in [5.41, 5.74) is 1.77. The van der Waals surface area contributed by atoms with Gasteiger partial charge in [0.15, 0.2) is 0 Å². The summed E-state index contributed by atoms with van der Waals surface area (Å²) in [5, 5.41) is 17.0. The van der Waals surface area contributed by atoms with Gasteiger partial charge >= 0.3 is 0 Å². The Labute approximate surface area is 150 Å². The predicted octanol–water partition coefficient (Wildman–Crippen LogP) is 2.09. The molecule has 0 radical (unpaired) electrons. The van der Waals surface area contributed by atoms with Gasteiger partial charge in [0, 0.05) is 32.2 Å². The van der Waals surface area contributed by atoms with E-state index in [1.165, 1.54) is 19.3 Å². The molecule has 6 heteroatoms. The van der Waals surface area contributed by atoms with Gasteiger partial charge in [0.1, 0.15) is 0 Å². The lowest BCUT2D eigenvalue weighted by Crippen LogP contribution is -2.47. The number of rotatable bonds is 5. The van der Waals surface area contributed by atoms with Crippen molar-refractivity contribution in [1.29, 1.82) is 0 Å². The van der Waals surface area contributed by atoms with E-state index in [0.717, 1.165) is 43.6 Å². The normalized spacial score (nSPS) is 25.5. The number of nitrogens with one attached hydrogen (secondary N) is 1. The summed E-state index contributed by atoms with van der Waals surface area (Å²) in [5.74, 6) is 1.10. The van der Waals surface area contributed by atoms with Gasteiger partial charge in [-0.1, -0.05) is 19.3 Å². The highest BCUT2D eigenvalue weighted by Crippen LogP contribution is 2.34. The lowest BCUT2D eigenvalue weighted by Gasteiger charge is -2.38. The van der Waals surface area contributed by atoms with E-state index < -0.39 is 0 Å². The second kappa shape index (κ2) is 8.32. The molecule has 6 nitrogen and oxygen atoms in total. The van der Waals surface area contributed by atoms with Crippen molar-refractivity contribution in [1.82, 2.24) is 20.0 Å².